The lowest BCUT2D eigenvalue weighted by molar-refractivity contribution is 0.405. The van der Waals surface area contributed by atoms with Crippen molar-refractivity contribution in [2.24, 2.45) is 0 Å². The number of ether oxygens (including phenoxy) is 1. The minimum atomic E-state index is -3.69. The first-order valence-electron chi connectivity index (χ1n) is 8.65. The minimum absolute atomic E-state index is 0.334. The number of rotatable bonds is 4. The number of nitrogens with zero attached hydrogens (tertiary/aromatic N) is 1. The van der Waals surface area contributed by atoms with Crippen LogP contribution >= 0.6 is 0 Å². The third-order valence-corrected chi connectivity index (χ3v) is 6.27. The molecule has 0 saturated carbocycles. The van der Waals surface area contributed by atoms with Gasteiger partial charge < -0.3 is 4.74 Å². The second kappa shape index (κ2) is 6.61. The van der Waals surface area contributed by atoms with Crippen molar-refractivity contribution in [2.75, 3.05) is 11.8 Å². The highest BCUT2D eigenvalue weighted by Crippen LogP contribution is 2.35. The highest BCUT2D eigenvalue weighted by Gasteiger charge is 2.25. The van der Waals surface area contributed by atoms with Crippen molar-refractivity contribution in [3.63, 3.8) is 0 Å². The number of nitrogens with one attached hydrogen (secondary N) is 1. The molecule has 5 nitrogen and oxygen atoms in total. The summed E-state index contributed by atoms with van der Waals surface area (Å²) in [5.41, 5.74) is 3.18. The van der Waals surface area contributed by atoms with Crippen molar-refractivity contribution >= 4 is 26.6 Å². The molecule has 0 fully saturated rings. The van der Waals surface area contributed by atoms with Crippen LogP contribution in [-0.2, 0) is 22.9 Å². The SMILES string of the molecule is COc1ccc(S(=O)(=O)Nc2cnc3ccccc3c2)c2c1CCCC2. The predicted octanol–water partition coefficient (Wildman–Crippen LogP) is 3.92. The van der Waals surface area contributed by atoms with Gasteiger partial charge in [-0.25, -0.2) is 8.42 Å². The number of aromatic nitrogens is 1. The maximum atomic E-state index is 13.0. The zero-order valence-corrected chi connectivity index (χ0v) is 15.3. The van der Waals surface area contributed by atoms with Crippen molar-refractivity contribution < 1.29 is 13.2 Å². The molecule has 0 aliphatic heterocycles. The summed E-state index contributed by atoms with van der Waals surface area (Å²) in [6.45, 7) is 0. The molecule has 0 bridgehead atoms. The average Bonchev–Trinajstić information content (AvgIpc) is 2.66. The highest BCUT2D eigenvalue weighted by molar-refractivity contribution is 7.92. The van der Waals surface area contributed by atoms with Crippen molar-refractivity contribution in [1.29, 1.82) is 0 Å². The Morgan fingerprint density at radius 1 is 1.04 bits per heavy atom. The molecule has 2 aromatic carbocycles. The normalized spacial score (nSPS) is 14.0. The number of sulfonamides is 1. The number of anilines is 1. The van der Waals surface area contributed by atoms with Crippen molar-refractivity contribution in [3.8, 4) is 5.75 Å². The van der Waals surface area contributed by atoms with E-state index in [1.807, 2.05) is 24.3 Å². The van der Waals surface area contributed by atoms with Gasteiger partial charge in [0.25, 0.3) is 10.0 Å². The second-order valence-electron chi connectivity index (χ2n) is 6.45. The van der Waals surface area contributed by atoms with Gasteiger partial charge in [0, 0.05) is 5.39 Å². The summed E-state index contributed by atoms with van der Waals surface area (Å²) in [5.74, 6) is 0.769. The van der Waals surface area contributed by atoms with Gasteiger partial charge in [-0.3, -0.25) is 9.71 Å². The van der Waals surface area contributed by atoms with E-state index in [1.54, 1.807) is 31.5 Å². The van der Waals surface area contributed by atoms with Crippen LogP contribution in [0.5, 0.6) is 5.75 Å². The molecule has 1 aromatic heterocycles. The zero-order chi connectivity index (χ0) is 18.1. The molecule has 1 heterocycles. The molecule has 1 N–H and O–H groups in total. The molecule has 0 amide bonds. The monoisotopic (exact) mass is 368 g/mol. The van der Waals surface area contributed by atoms with E-state index in [0.29, 0.717) is 10.6 Å². The van der Waals surface area contributed by atoms with E-state index in [1.165, 1.54) is 0 Å². The Balaban J connectivity index is 1.74. The van der Waals surface area contributed by atoms with Crippen LogP contribution in [0.4, 0.5) is 5.69 Å². The Kier molecular flexibility index (Phi) is 4.28. The van der Waals surface area contributed by atoms with E-state index in [0.717, 1.165) is 53.5 Å². The molecule has 1 aliphatic carbocycles. The Labute approximate surface area is 153 Å². The van der Waals surface area contributed by atoms with E-state index in [9.17, 15) is 8.42 Å². The second-order valence-corrected chi connectivity index (χ2v) is 8.10. The molecule has 0 saturated heterocycles. The first-order chi connectivity index (χ1) is 12.6. The molecule has 4 rings (SSSR count). The van der Waals surface area contributed by atoms with Crippen LogP contribution < -0.4 is 9.46 Å². The Hall–Kier alpha value is -2.60. The first-order valence-corrected chi connectivity index (χ1v) is 10.1. The summed E-state index contributed by atoms with van der Waals surface area (Å²) < 4.78 is 34.2. The predicted molar refractivity (Wildman–Crippen MR) is 102 cm³/mol. The van der Waals surface area contributed by atoms with E-state index < -0.39 is 10.0 Å². The van der Waals surface area contributed by atoms with Crippen molar-refractivity contribution in [3.05, 3.63) is 59.8 Å². The molecule has 26 heavy (non-hydrogen) atoms. The standard InChI is InChI=1S/C20H20N2O3S/c1-25-19-10-11-20(17-8-4-3-7-16(17)19)26(23,24)22-15-12-14-6-2-5-9-18(14)21-13-15/h2,5-6,9-13,22H,3-4,7-8H2,1H3. The molecular weight excluding hydrogens is 348 g/mol. The minimum Gasteiger partial charge on any atom is -0.496 e. The average molecular weight is 368 g/mol. The van der Waals surface area contributed by atoms with E-state index in [-0.39, 0.29) is 0 Å². The number of fused-ring (bicyclic) bond motifs is 2. The number of methoxy groups -OCH3 is 1. The van der Waals surface area contributed by atoms with Crippen LogP contribution in [0.2, 0.25) is 0 Å². The topological polar surface area (TPSA) is 68.3 Å². The summed E-state index contributed by atoms with van der Waals surface area (Å²) >= 11 is 0. The summed E-state index contributed by atoms with van der Waals surface area (Å²) in [5, 5.41) is 0.893. The van der Waals surface area contributed by atoms with E-state index in [2.05, 4.69) is 9.71 Å². The Morgan fingerprint density at radius 3 is 2.62 bits per heavy atom. The first kappa shape index (κ1) is 16.8. The fourth-order valence-electron chi connectivity index (χ4n) is 3.58. The van der Waals surface area contributed by atoms with Crippen LogP contribution in [0.25, 0.3) is 10.9 Å². The van der Waals surface area contributed by atoms with Gasteiger partial charge in [-0.1, -0.05) is 18.2 Å². The van der Waals surface area contributed by atoms with Gasteiger partial charge >= 0.3 is 0 Å². The van der Waals surface area contributed by atoms with Crippen LogP contribution in [0.1, 0.15) is 24.0 Å². The number of para-hydroxylation sites is 1. The van der Waals surface area contributed by atoms with Crippen LogP contribution in [0.15, 0.2) is 53.6 Å². The molecule has 1 aliphatic rings. The molecular formula is C20H20N2O3S. The Bertz CT molecular complexity index is 1080. The fraction of sp³-hybridized carbons (Fsp3) is 0.250. The number of hydrogen-bond donors (Lipinski definition) is 1. The maximum absolute atomic E-state index is 13.0. The smallest absolute Gasteiger partial charge is 0.262 e. The van der Waals surface area contributed by atoms with E-state index in [4.69, 9.17) is 4.74 Å². The molecule has 3 aromatic rings. The van der Waals surface area contributed by atoms with Gasteiger partial charge in [0.05, 0.1) is 29.4 Å². The maximum Gasteiger partial charge on any atom is 0.262 e. The lowest BCUT2D eigenvalue weighted by Crippen LogP contribution is -2.18. The molecule has 0 radical (unpaired) electrons. The lowest BCUT2D eigenvalue weighted by atomic mass is 9.91. The van der Waals surface area contributed by atoms with Gasteiger partial charge in [0.2, 0.25) is 0 Å². The van der Waals surface area contributed by atoms with Gasteiger partial charge in [-0.15, -0.1) is 0 Å². The third kappa shape index (κ3) is 3.01. The molecule has 0 unspecified atom stereocenters. The quantitative estimate of drug-likeness (QED) is 0.758. The third-order valence-electron chi connectivity index (χ3n) is 4.80. The van der Waals surface area contributed by atoms with E-state index >= 15 is 0 Å². The number of pyridine rings is 1. The van der Waals surface area contributed by atoms with Gasteiger partial charge in [-0.2, -0.15) is 0 Å². The van der Waals surface area contributed by atoms with Crippen molar-refractivity contribution in [2.45, 2.75) is 30.6 Å². The van der Waals surface area contributed by atoms with Crippen LogP contribution in [0.3, 0.4) is 0 Å². The largest absolute Gasteiger partial charge is 0.496 e. The summed E-state index contributed by atoms with van der Waals surface area (Å²) in [6.07, 6.45) is 5.18. The summed E-state index contributed by atoms with van der Waals surface area (Å²) in [6, 6.07) is 12.8. The summed E-state index contributed by atoms with van der Waals surface area (Å²) in [4.78, 5) is 4.66. The number of hydrogen-bond acceptors (Lipinski definition) is 4. The van der Waals surface area contributed by atoms with Gasteiger partial charge in [0.1, 0.15) is 5.75 Å². The van der Waals surface area contributed by atoms with Gasteiger partial charge in [-0.05, 0) is 61.1 Å². The molecule has 0 atom stereocenters. The lowest BCUT2D eigenvalue weighted by Gasteiger charge is -2.22. The van der Waals surface area contributed by atoms with Crippen LogP contribution in [0, 0.1) is 0 Å². The van der Waals surface area contributed by atoms with Gasteiger partial charge in [0.15, 0.2) is 0 Å². The molecule has 0 spiro atoms. The fourth-order valence-corrected chi connectivity index (χ4v) is 4.91. The Morgan fingerprint density at radius 2 is 1.81 bits per heavy atom. The number of benzene rings is 2. The molecule has 6 heteroatoms. The molecule has 134 valence electrons. The van der Waals surface area contributed by atoms with Crippen LogP contribution in [-0.4, -0.2) is 20.5 Å². The highest BCUT2D eigenvalue weighted by atomic mass is 32.2. The zero-order valence-electron chi connectivity index (χ0n) is 14.5. The van der Waals surface area contributed by atoms with Crippen molar-refractivity contribution in [1.82, 2.24) is 4.98 Å². The summed E-state index contributed by atoms with van der Waals surface area (Å²) in [7, 11) is -2.07.